The van der Waals surface area contributed by atoms with E-state index in [9.17, 15) is 4.79 Å². The molecular formula is C20H31ClN2O3. The van der Waals surface area contributed by atoms with Gasteiger partial charge in [-0.3, -0.25) is 4.79 Å². The summed E-state index contributed by atoms with van der Waals surface area (Å²) in [6.45, 7) is 0.624. The Morgan fingerprint density at radius 1 is 1.19 bits per heavy atom. The third-order valence-corrected chi connectivity index (χ3v) is 5.97. The predicted molar refractivity (Wildman–Crippen MR) is 105 cm³/mol. The van der Waals surface area contributed by atoms with Crippen LogP contribution < -0.4 is 20.5 Å². The lowest BCUT2D eigenvalue weighted by Crippen LogP contribution is -2.49. The quantitative estimate of drug-likeness (QED) is 0.793. The minimum absolute atomic E-state index is 0. The van der Waals surface area contributed by atoms with E-state index < -0.39 is 0 Å². The van der Waals surface area contributed by atoms with E-state index >= 15 is 0 Å². The molecule has 26 heavy (non-hydrogen) atoms. The fourth-order valence-electron chi connectivity index (χ4n) is 4.53. The third-order valence-electron chi connectivity index (χ3n) is 5.97. The molecule has 2 unspecified atom stereocenters. The maximum absolute atomic E-state index is 12.6. The van der Waals surface area contributed by atoms with Gasteiger partial charge in [-0.1, -0.05) is 12.5 Å². The topological polar surface area (TPSA) is 73.6 Å². The maximum Gasteiger partial charge on any atom is 0.223 e. The van der Waals surface area contributed by atoms with Gasteiger partial charge in [0.05, 0.1) is 14.2 Å². The third kappa shape index (κ3) is 4.63. The molecular weight excluding hydrogens is 352 g/mol. The molecule has 0 spiro atoms. The minimum Gasteiger partial charge on any atom is -0.497 e. The number of hydrogen-bond donors (Lipinski definition) is 2. The second-order valence-electron chi connectivity index (χ2n) is 7.42. The number of carbonyl (C=O) groups excluding carboxylic acids is 1. The highest BCUT2D eigenvalue weighted by atomic mass is 35.5. The number of carbonyl (C=O) groups is 1. The van der Waals surface area contributed by atoms with Crippen molar-refractivity contribution in [2.45, 2.75) is 44.6 Å². The summed E-state index contributed by atoms with van der Waals surface area (Å²) in [6, 6.07) is 6.10. The molecule has 0 aromatic heterocycles. The Labute approximate surface area is 162 Å². The normalized spacial score (nSPS) is 27.2. The van der Waals surface area contributed by atoms with Gasteiger partial charge in [0.25, 0.3) is 0 Å². The van der Waals surface area contributed by atoms with E-state index in [2.05, 4.69) is 5.32 Å². The van der Waals surface area contributed by atoms with Gasteiger partial charge < -0.3 is 20.5 Å². The van der Waals surface area contributed by atoms with Crippen molar-refractivity contribution in [1.82, 2.24) is 5.32 Å². The fraction of sp³-hybridized carbons (Fsp3) is 0.650. The number of methoxy groups -OCH3 is 2. The van der Waals surface area contributed by atoms with Gasteiger partial charge >= 0.3 is 0 Å². The van der Waals surface area contributed by atoms with Crippen LogP contribution in [0.3, 0.4) is 0 Å². The van der Waals surface area contributed by atoms with Gasteiger partial charge in [-0.15, -0.1) is 12.4 Å². The summed E-state index contributed by atoms with van der Waals surface area (Å²) < 4.78 is 10.6. The smallest absolute Gasteiger partial charge is 0.223 e. The lowest BCUT2D eigenvalue weighted by atomic mass is 9.65. The van der Waals surface area contributed by atoms with E-state index in [1.807, 2.05) is 18.2 Å². The summed E-state index contributed by atoms with van der Waals surface area (Å²) in [5, 5.41) is 3.12. The highest BCUT2D eigenvalue weighted by Crippen LogP contribution is 2.41. The van der Waals surface area contributed by atoms with Crippen LogP contribution in [0.4, 0.5) is 0 Å². The highest BCUT2D eigenvalue weighted by molar-refractivity contribution is 5.85. The summed E-state index contributed by atoms with van der Waals surface area (Å²) in [7, 11) is 3.29. The Morgan fingerprint density at radius 2 is 1.88 bits per heavy atom. The molecule has 2 bridgehead atoms. The molecule has 6 heteroatoms. The lowest BCUT2D eigenvalue weighted by Gasteiger charge is -2.43. The van der Waals surface area contributed by atoms with Crippen LogP contribution in [0.25, 0.3) is 0 Å². The largest absolute Gasteiger partial charge is 0.497 e. The first-order chi connectivity index (χ1) is 12.1. The lowest BCUT2D eigenvalue weighted by molar-refractivity contribution is -0.127. The molecule has 1 aromatic carbocycles. The molecule has 0 aliphatic heterocycles. The number of fused-ring (bicyclic) bond motifs is 2. The number of benzene rings is 1. The van der Waals surface area contributed by atoms with E-state index in [-0.39, 0.29) is 24.2 Å². The van der Waals surface area contributed by atoms with Crippen LogP contribution in [0.1, 0.15) is 37.7 Å². The van der Waals surface area contributed by atoms with Crippen molar-refractivity contribution in [3.05, 3.63) is 23.8 Å². The first-order valence-electron chi connectivity index (χ1n) is 9.36. The Morgan fingerprint density at radius 3 is 2.50 bits per heavy atom. The average molecular weight is 383 g/mol. The summed E-state index contributed by atoms with van der Waals surface area (Å²) >= 11 is 0. The zero-order valence-corrected chi connectivity index (χ0v) is 16.5. The zero-order chi connectivity index (χ0) is 17.8. The van der Waals surface area contributed by atoms with Gasteiger partial charge in [0.1, 0.15) is 11.5 Å². The Balaban J connectivity index is 0.00000243. The van der Waals surface area contributed by atoms with Crippen LogP contribution in [-0.2, 0) is 11.2 Å². The molecule has 2 saturated carbocycles. The molecule has 1 aromatic rings. The van der Waals surface area contributed by atoms with Gasteiger partial charge in [-0.05, 0) is 55.6 Å². The van der Waals surface area contributed by atoms with E-state index in [4.69, 9.17) is 15.2 Å². The van der Waals surface area contributed by atoms with Crippen molar-refractivity contribution >= 4 is 18.3 Å². The fourth-order valence-corrected chi connectivity index (χ4v) is 4.53. The number of nitrogens with one attached hydrogen (secondary N) is 1. The molecule has 2 aliphatic carbocycles. The minimum atomic E-state index is 0. The number of rotatable bonds is 6. The van der Waals surface area contributed by atoms with Crippen LogP contribution >= 0.6 is 12.4 Å². The number of halogens is 1. The summed E-state index contributed by atoms with van der Waals surface area (Å²) in [6.07, 6.45) is 6.30. The molecule has 2 aliphatic rings. The number of hydrogen-bond acceptors (Lipinski definition) is 4. The van der Waals surface area contributed by atoms with Crippen molar-refractivity contribution in [2.75, 3.05) is 20.8 Å². The van der Waals surface area contributed by atoms with Gasteiger partial charge in [-0.2, -0.15) is 0 Å². The maximum atomic E-state index is 12.6. The van der Waals surface area contributed by atoms with Crippen LogP contribution in [-0.4, -0.2) is 32.7 Å². The highest BCUT2D eigenvalue weighted by Gasteiger charge is 2.40. The first kappa shape index (κ1) is 20.8. The molecule has 2 atom stereocenters. The van der Waals surface area contributed by atoms with Crippen LogP contribution in [0.15, 0.2) is 18.2 Å². The SMILES string of the molecule is COc1ccc(CCNC(=O)C2CC3CCCC(C2)C3N)c(OC)c1.Cl. The molecule has 146 valence electrons. The Kier molecular flexibility index (Phi) is 7.59. The van der Waals surface area contributed by atoms with E-state index in [1.54, 1.807) is 14.2 Å². The van der Waals surface area contributed by atoms with Crippen molar-refractivity contribution in [3.63, 3.8) is 0 Å². The van der Waals surface area contributed by atoms with Crippen molar-refractivity contribution < 1.29 is 14.3 Å². The molecule has 1 amide bonds. The molecule has 0 heterocycles. The van der Waals surface area contributed by atoms with Gasteiger partial charge in [0, 0.05) is 24.6 Å². The second-order valence-corrected chi connectivity index (χ2v) is 7.42. The monoisotopic (exact) mass is 382 g/mol. The summed E-state index contributed by atoms with van der Waals surface area (Å²) in [5.41, 5.74) is 7.40. The predicted octanol–water partition coefficient (Wildman–Crippen LogP) is 2.94. The number of ether oxygens (including phenoxy) is 2. The number of nitrogens with two attached hydrogens (primary N) is 1. The number of amides is 1. The van der Waals surface area contributed by atoms with Crippen molar-refractivity contribution in [1.29, 1.82) is 0 Å². The van der Waals surface area contributed by atoms with Crippen LogP contribution in [0.5, 0.6) is 11.5 Å². The van der Waals surface area contributed by atoms with Gasteiger partial charge in [0.15, 0.2) is 0 Å². The van der Waals surface area contributed by atoms with Crippen molar-refractivity contribution in [2.24, 2.45) is 23.5 Å². The van der Waals surface area contributed by atoms with E-state index in [0.29, 0.717) is 24.4 Å². The van der Waals surface area contributed by atoms with E-state index in [1.165, 1.54) is 19.3 Å². The molecule has 0 radical (unpaired) electrons. The molecule has 2 fully saturated rings. The van der Waals surface area contributed by atoms with Gasteiger partial charge in [0.2, 0.25) is 5.91 Å². The zero-order valence-electron chi connectivity index (χ0n) is 15.7. The molecule has 3 rings (SSSR count). The molecule has 3 N–H and O–H groups in total. The van der Waals surface area contributed by atoms with Crippen LogP contribution in [0.2, 0.25) is 0 Å². The van der Waals surface area contributed by atoms with E-state index in [0.717, 1.165) is 36.3 Å². The Hall–Kier alpha value is -1.46. The Bertz CT molecular complexity index is 597. The first-order valence-corrected chi connectivity index (χ1v) is 9.36. The molecule has 5 nitrogen and oxygen atoms in total. The van der Waals surface area contributed by atoms with Gasteiger partial charge in [-0.25, -0.2) is 0 Å². The van der Waals surface area contributed by atoms with Crippen LogP contribution in [0, 0.1) is 17.8 Å². The standard InChI is InChI=1S/C20H30N2O3.ClH/c1-24-17-7-6-13(18(12-17)25-2)8-9-22-20(23)16-10-14-4-3-5-15(11-16)19(14)21;/h6-7,12,14-16,19H,3-5,8-11,21H2,1-2H3,(H,22,23);1H. The molecule has 0 saturated heterocycles. The summed E-state index contributed by atoms with van der Waals surface area (Å²) in [5.74, 6) is 2.96. The average Bonchev–Trinajstić information content (AvgIpc) is 2.61. The summed E-state index contributed by atoms with van der Waals surface area (Å²) in [4.78, 5) is 12.6. The second kappa shape index (κ2) is 9.47. The van der Waals surface area contributed by atoms with Crippen molar-refractivity contribution in [3.8, 4) is 11.5 Å².